The summed E-state index contributed by atoms with van der Waals surface area (Å²) in [7, 11) is 0. The van der Waals surface area contributed by atoms with Crippen LogP contribution in [-0.4, -0.2) is 11.1 Å². The number of rotatable bonds is 3. The summed E-state index contributed by atoms with van der Waals surface area (Å²) in [5, 5.41) is 27.0. The molecular weight excluding hydrogens is 248 g/mol. The lowest BCUT2D eigenvalue weighted by Gasteiger charge is -2.08. The van der Waals surface area contributed by atoms with Gasteiger partial charge in [-0.05, 0) is 23.6 Å². The Bertz CT molecular complexity index is 741. The van der Waals surface area contributed by atoms with Crippen LogP contribution in [-0.2, 0) is 0 Å². The number of nitriles is 2. The molecule has 0 unspecified atom stereocenters. The number of hydrogen-bond acceptors (Lipinski definition) is 5. The SMILES string of the molecule is N#COc1cccc2cc(C(=O)O)cc(OC#N)c12. The molecule has 0 aromatic heterocycles. The summed E-state index contributed by atoms with van der Waals surface area (Å²) in [4.78, 5) is 11.0. The molecule has 0 bridgehead atoms. The Hall–Kier alpha value is -3.25. The van der Waals surface area contributed by atoms with E-state index in [4.69, 9.17) is 25.1 Å². The van der Waals surface area contributed by atoms with E-state index in [9.17, 15) is 4.79 Å². The van der Waals surface area contributed by atoms with Crippen LogP contribution in [0, 0.1) is 23.0 Å². The monoisotopic (exact) mass is 254 g/mol. The van der Waals surface area contributed by atoms with Crippen molar-refractivity contribution < 1.29 is 19.4 Å². The number of benzene rings is 2. The molecule has 19 heavy (non-hydrogen) atoms. The Kier molecular flexibility index (Phi) is 3.18. The summed E-state index contributed by atoms with van der Waals surface area (Å²) in [6.07, 6.45) is 3.01. The first-order valence-electron chi connectivity index (χ1n) is 5.09. The fourth-order valence-electron chi connectivity index (χ4n) is 1.74. The molecule has 0 saturated carbocycles. The number of carbonyl (C=O) groups is 1. The van der Waals surface area contributed by atoms with Gasteiger partial charge in [0.25, 0.3) is 12.5 Å². The van der Waals surface area contributed by atoms with Crippen molar-refractivity contribution in [3.05, 3.63) is 35.9 Å². The molecule has 0 aliphatic heterocycles. The minimum Gasteiger partial charge on any atom is -0.478 e. The topological polar surface area (TPSA) is 103 Å². The fourth-order valence-corrected chi connectivity index (χ4v) is 1.74. The van der Waals surface area contributed by atoms with Crippen LogP contribution in [0.1, 0.15) is 10.4 Å². The van der Waals surface area contributed by atoms with Gasteiger partial charge >= 0.3 is 5.97 Å². The van der Waals surface area contributed by atoms with E-state index in [1.54, 1.807) is 12.1 Å². The second-order valence-corrected chi connectivity index (χ2v) is 3.52. The first-order valence-corrected chi connectivity index (χ1v) is 5.09. The van der Waals surface area contributed by atoms with Gasteiger partial charge < -0.3 is 14.6 Å². The number of carboxylic acid groups (broad SMARTS) is 1. The van der Waals surface area contributed by atoms with Gasteiger partial charge in [0.15, 0.2) is 11.5 Å². The molecule has 2 rings (SSSR count). The highest BCUT2D eigenvalue weighted by Crippen LogP contribution is 2.35. The van der Waals surface area contributed by atoms with Crippen LogP contribution in [0.4, 0.5) is 0 Å². The summed E-state index contributed by atoms with van der Waals surface area (Å²) in [6.45, 7) is 0. The zero-order chi connectivity index (χ0) is 13.8. The summed E-state index contributed by atoms with van der Waals surface area (Å²) in [5.74, 6) is -0.915. The minimum atomic E-state index is -1.14. The predicted octanol–water partition coefficient (Wildman–Crippen LogP) is 2.26. The highest BCUT2D eigenvalue weighted by molar-refractivity contribution is 6.00. The van der Waals surface area contributed by atoms with Crippen LogP contribution >= 0.6 is 0 Å². The number of aromatic carboxylic acids is 1. The average molecular weight is 254 g/mol. The van der Waals surface area contributed by atoms with Gasteiger partial charge in [-0.1, -0.05) is 12.1 Å². The molecule has 0 spiro atoms. The van der Waals surface area contributed by atoms with Crippen molar-refractivity contribution in [2.45, 2.75) is 0 Å². The van der Waals surface area contributed by atoms with Crippen molar-refractivity contribution in [2.24, 2.45) is 0 Å². The molecule has 0 saturated heterocycles. The van der Waals surface area contributed by atoms with E-state index in [1.807, 2.05) is 0 Å². The smallest absolute Gasteiger partial charge is 0.335 e. The first-order chi connectivity index (χ1) is 9.17. The summed E-state index contributed by atoms with van der Waals surface area (Å²) < 4.78 is 9.52. The number of hydrogen-bond donors (Lipinski definition) is 1. The maximum absolute atomic E-state index is 11.0. The van der Waals surface area contributed by atoms with Crippen LogP contribution < -0.4 is 9.47 Å². The third-order valence-corrected chi connectivity index (χ3v) is 2.46. The predicted molar refractivity (Wildman–Crippen MR) is 63.4 cm³/mol. The normalized spacial score (nSPS) is 9.37. The first kappa shape index (κ1) is 12.2. The molecule has 0 amide bonds. The lowest BCUT2D eigenvalue weighted by Crippen LogP contribution is -1.98. The quantitative estimate of drug-likeness (QED) is 0.842. The van der Waals surface area contributed by atoms with Crippen molar-refractivity contribution in [3.63, 3.8) is 0 Å². The maximum Gasteiger partial charge on any atom is 0.335 e. The second-order valence-electron chi connectivity index (χ2n) is 3.52. The Balaban J connectivity index is 2.80. The summed E-state index contributed by atoms with van der Waals surface area (Å²) in [6, 6.07) is 7.38. The standard InChI is InChI=1S/C13H6N2O4/c14-6-18-10-3-1-2-8-4-9(13(16)17)5-11(12(8)10)19-7-15/h1-5H,(H,16,17). The van der Waals surface area contributed by atoms with Crippen LogP contribution in [0.25, 0.3) is 10.8 Å². The van der Waals surface area contributed by atoms with Crippen molar-refractivity contribution in [1.29, 1.82) is 10.5 Å². The number of carboxylic acids is 1. The van der Waals surface area contributed by atoms with Crippen molar-refractivity contribution >= 4 is 16.7 Å². The molecule has 0 aliphatic rings. The lowest BCUT2D eigenvalue weighted by molar-refractivity contribution is 0.0696. The van der Waals surface area contributed by atoms with Gasteiger partial charge in [0.1, 0.15) is 0 Å². The van der Waals surface area contributed by atoms with Crippen LogP contribution in [0.3, 0.4) is 0 Å². The van der Waals surface area contributed by atoms with Gasteiger partial charge in [-0.15, -0.1) is 10.5 Å². The Morgan fingerprint density at radius 3 is 2.42 bits per heavy atom. The van der Waals surface area contributed by atoms with E-state index >= 15 is 0 Å². The molecule has 0 aliphatic carbocycles. The largest absolute Gasteiger partial charge is 0.478 e. The zero-order valence-corrected chi connectivity index (χ0v) is 9.45. The zero-order valence-electron chi connectivity index (χ0n) is 9.45. The Labute approximate surface area is 107 Å². The van der Waals surface area contributed by atoms with E-state index in [1.165, 1.54) is 30.7 Å². The van der Waals surface area contributed by atoms with Gasteiger partial charge in [0.2, 0.25) is 0 Å². The minimum absolute atomic E-state index is 0.0214. The molecule has 0 atom stereocenters. The molecule has 2 aromatic rings. The van der Waals surface area contributed by atoms with Crippen molar-refractivity contribution in [1.82, 2.24) is 0 Å². The number of nitrogens with zero attached hydrogens (tertiary/aromatic N) is 2. The van der Waals surface area contributed by atoms with Gasteiger partial charge in [0, 0.05) is 0 Å². The van der Waals surface area contributed by atoms with Gasteiger partial charge in [-0.3, -0.25) is 0 Å². The third kappa shape index (κ3) is 2.24. The van der Waals surface area contributed by atoms with E-state index < -0.39 is 5.97 Å². The molecule has 6 heteroatoms. The molecular formula is C13H6N2O4. The van der Waals surface area contributed by atoms with Crippen LogP contribution in [0.5, 0.6) is 11.5 Å². The molecule has 0 radical (unpaired) electrons. The van der Waals surface area contributed by atoms with Gasteiger partial charge in [-0.2, -0.15) is 0 Å². The fraction of sp³-hybridized carbons (Fsp3) is 0. The van der Waals surface area contributed by atoms with Crippen LogP contribution in [0.15, 0.2) is 30.3 Å². The van der Waals surface area contributed by atoms with Crippen LogP contribution in [0.2, 0.25) is 0 Å². The average Bonchev–Trinajstić information content (AvgIpc) is 2.39. The Morgan fingerprint density at radius 1 is 1.11 bits per heavy atom. The van der Waals surface area contributed by atoms with Crippen molar-refractivity contribution in [2.75, 3.05) is 0 Å². The molecule has 92 valence electrons. The van der Waals surface area contributed by atoms with E-state index in [0.29, 0.717) is 10.8 Å². The number of fused-ring (bicyclic) bond motifs is 1. The van der Waals surface area contributed by atoms with Gasteiger partial charge in [-0.25, -0.2) is 4.79 Å². The van der Waals surface area contributed by atoms with Crippen molar-refractivity contribution in [3.8, 4) is 24.0 Å². The van der Waals surface area contributed by atoms with E-state index in [2.05, 4.69) is 0 Å². The summed E-state index contributed by atoms with van der Waals surface area (Å²) >= 11 is 0. The molecule has 1 N–H and O–H groups in total. The molecule has 0 fully saturated rings. The highest BCUT2D eigenvalue weighted by atomic mass is 16.5. The maximum atomic E-state index is 11.0. The third-order valence-electron chi connectivity index (χ3n) is 2.46. The molecule has 2 aromatic carbocycles. The molecule has 0 heterocycles. The lowest BCUT2D eigenvalue weighted by atomic mass is 10.0. The second kappa shape index (κ2) is 4.94. The summed E-state index contributed by atoms with van der Waals surface area (Å²) in [5.41, 5.74) is -0.0214. The highest BCUT2D eigenvalue weighted by Gasteiger charge is 2.14. The van der Waals surface area contributed by atoms with E-state index in [0.717, 1.165) is 0 Å². The molecule has 6 nitrogen and oxygen atoms in total. The number of ether oxygens (including phenoxy) is 2. The van der Waals surface area contributed by atoms with E-state index in [-0.39, 0.29) is 17.1 Å². The van der Waals surface area contributed by atoms with Gasteiger partial charge in [0.05, 0.1) is 10.9 Å². The Morgan fingerprint density at radius 2 is 1.79 bits per heavy atom.